The van der Waals surface area contributed by atoms with E-state index in [9.17, 15) is 19.5 Å². The van der Waals surface area contributed by atoms with Crippen LogP contribution >= 0.6 is 0 Å². The molecule has 1 aliphatic rings. The minimum Gasteiger partial charge on any atom is -0.497 e. The van der Waals surface area contributed by atoms with Crippen molar-refractivity contribution < 1.29 is 29.0 Å². The summed E-state index contributed by atoms with van der Waals surface area (Å²) in [5, 5.41) is 11.7. The molecule has 8 heteroatoms. The van der Waals surface area contributed by atoms with Crippen LogP contribution in [0.25, 0.3) is 0 Å². The second-order valence-corrected chi connectivity index (χ2v) is 6.51. The molecule has 1 fully saturated rings. The second kappa shape index (κ2) is 8.07. The van der Waals surface area contributed by atoms with Crippen molar-refractivity contribution >= 4 is 23.5 Å². The molecule has 0 saturated carbocycles. The Balaban J connectivity index is 2.16. The first-order valence-corrected chi connectivity index (χ1v) is 8.34. The van der Waals surface area contributed by atoms with Gasteiger partial charge in [-0.25, -0.2) is 4.79 Å². The first-order chi connectivity index (χ1) is 12.3. The fourth-order valence-electron chi connectivity index (χ4n) is 2.91. The van der Waals surface area contributed by atoms with Crippen molar-refractivity contribution in [2.75, 3.05) is 25.7 Å². The molecule has 8 nitrogen and oxygen atoms in total. The molecule has 0 bridgehead atoms. The summed E-state index contributed by atoms with van der Waals surface area (Å²) in [5.41, 5.74) is 0.548. The van der Waals surface area contributed by atoms with E-state index >= 15 is 0 Å². The van der Waals surface area contributed by atoms with E-state index in [1.807, 2.05) is 0 Å². The lowest BCUT2D eigenvalue weighted by atomic mass is 10.0. The fraction of sp³-hybridized carbons (Fsp3) is 0.500. The van der Waals surface area contributed by atoms with Crippen molar-refractivity contribution in [3.05, 3.63) is 18.2 Å². The van der Waals surface area contributed by atoms with Crippen molar-refractivity contribution in [1.29, 1.82) is 0 Å². The Morgan fingerprint density at radius 2 is 1.96 bits per heavy atom. The molecule has 26 heavy (non-hydrogen) atoms. The first-order valence-electron chi connectivity index (χ1n) is 8.34. The highest BCUT2D eigenvalue weighted by Gasteiger charge is 2.38. The van der Waals surface area contributed by atoms with Gasteiger partial charge in [0.25, 0.3) is 0 Å². The highest BCUT2D eigenvalue weighted by atomic mass is 16.5. The zero-order valence-electron chi connectivity index (χ0n) is 15.3. The molecular formula is C18H24N2O6. The molecule has 0 radical (unpaired) electrons. The number of amides is 2. The summed E-state index contributed by atoms with van der Waals surface area (Å²) in [4.78, 5) is 37.6. The highest BCUT2D eigenvalue weighted by molar-refractivity contribution is 6.01. The van der Waals surface area contributed by atoms with Gasteiger partial charge < -0.3 is 24.8 Å². The number of carboxylic acids is 1. The predicted octanol–water partition coefficient (Wildman–Crippen LogP) is 1.28. The van der Waals surface area contributed by atoms with Crippen LogP contribution in [0.1, 0.15) is 20.3 Å². The number of nitrogens with zero attached hydrogens (tertiary/aromatic N) is 1. The van der Waals surface area contributed by atoms with Crippen LogP contribution in [0.5, 0.6) is 11.5 Å². The summed E-state index contributed by atoms with van der Waals surface area (Å²) in [6, 6.07) is 4.08. The molecule has 1 aromatic rings. The lowest BCUT2D eigenvalue weighted by Gasteiger charge is -2.21. The molecule has 1 saturated heterocycles. The van der Waals surface area contributed by atoms with E-state index in [4.69, 9.17) is 9.47 Å². The predicted molar refractivity (Wildman–Crippen MR) is 94.4 cm³/mol. The summed E-state index contributed by atoms with van der Waals surface area (Å²) < 4.78 is 10.5. The third-order valence-corrected chi connectivity index (χ3v) is 4.40. The molecule has 2 amide bonds. The van der Waals surface area contributed by atoms with Gasteiger partial charge in [-0.1, -0.05) is 13.8 Å². The van der Waals surface area contributed by atoms with E-state index in [1.54, 1.807) is 32.0 Å². The van der Waals surface area contributed by atoms with Gasteiger partial charge >= 0.3 is 5.97 Å². The Hall–Kier alpha value is -2.77. The maximum Gasteiger partial charge on any atom is 0.326 e. The summed E-state index contributed by atoms with van der Waals surface area (Å²) in [6.07, 6.45) is 0.0193. The van der Waals surface area contributed by atoms with Gasteiger partial charge in [-0.3, -0.25) is 9.59 Å². The van der Waals surface area contributed by atoms with Gasteiger partial charge in [0.2, 0.25) is 11.8 Å². The van der Waals surface area contributed by atoms with E-state index in [2.05, 4.69) is 5.32 Å². The van der Waals surface area contributed by atoms with Crippen LogP contribution < -0.4 is 19.7 Å². The number of carbonyl (C=O) groups is 3. The standard InChI is InChI=1S/C18H24N2O6/c1-10(2)16(18(23)24)19-17(22)11-7-15(21)20(9-11)13-6-5-12(25-3)8-14(13)26-4/h5-6,8,10-11,16H,7,9H2,1-4H3,(H,19,22)(H,23,24). The Bertz CT molecular complexity index is 703. The van der Waals surface area contributed by atoms with E-state index in [0.29, 0.717) is 17.2 Å². The third kappa shape index (κ3) is 4.07. The van der Waals surface area contributed by atoms with Gasteiger partial charge in [-0.05, 0) is 18.1 Å². The number of carboxylic acid groups (broad SMARTS) is 1. The van der Waals surface area contributed by atoms with Crippen molar-refractivity contribution in [3.63, 3.8) is 0 Å². The Labute approximate surface area is 152 Å². The summed E-state index contributed by atoms with van der Waals surface area (Å²) in [5.74, 6) is -1.57. The summed E-state index contributed by atoms with van der Waals surface area (Å²) in [7, 11) is 3.02. The van der Waals surface area contributed by atoms with Gasteiger partial charge in [0.05, 0.1) is 25.8 Å². The van der Waals surface area contributed by atoms with Crippen molar-refractivity contribution in [2.45, 2.75) is 26.3 Å². The monoisotopic (exact) mass is 364 g/mol. The normalized spacial score (nSPS) is 18.0. The molecule has 0 aromatic heterocycles. The van der Waals surface area contributed by atoms with Crippen LogP contribution in [-0.2, 0) is 14.4 Å². The quantitative estimate of drug-likeness (QED) is 0.755. The number of hydrogen-bond donors (Lipinski definition) is 2. The van der Waals surface area contributed by atoms with E-state index in [1.165, 1.54) is 19.1 Å². The van der Waals surface area contributed by atoms with Gasteiger partial charge in [0, 0.05) is 19.0 Å². The number of ether oxygens (including phenoxy) is 2. The van der Waals surface area contributed by atoms with Crippen molar-refractivity contribution in [2.24, 2.45) is 11.8 Å². The minimum atomic E-state index is -1.09. The maximum absolute atomic E-state index is 12.4. The molecule has 2 rings (SSSR count). The highest BCUT2D eigenvalue weighted by Crippen LogP contribution is 2.35. The molecule has 0 spiro atoms. The number of methoxy groups -OCH3 is 2. The van der Waals surface area contributed by atoms with Crippen LogP contribution in [0.3, 0.4) is 0 Å². The van der Waals surface area contributed by atoms with Gasteiger partial charge in [0.15, 0.2) is 0 Å². The Morgan fingerprint density at radius 3 is 2.50 bits per heavy atom. The van der Waals surface area contributed by atoms with Gasteiger partial charge in [-0.15, -0.1) is 0 Å². The molecular weight excluding hydrogens is 340 g/mol. The first kappa shape index (κ1) is 19.6. The van der Waals surface area contributed by atoms with Crippen LogP contribution in [0.4, 0.5) is 5.69 Å². The smallest absolute Gasteiger partial charge is 0.326 e. The number of rotatable bonds is 7. The molecule has 142 valence electrons. The lowest BCUT2D eigenvalue weighted by molar-refractivity contribution is -0.143. The zero-order chi connectivity index (χ0) is 19.4. The van der Waals surface area contributed by atoms with E-state index < -0.39 is 23.8 Å². The molecule has 2 atom stereocenters. The maximum atomic E-state index is 12.4. The van der Waals surface area contributed by atoms with E-state index in [0.717, 1.165) is 0 Å². The average molecular weight is 364 g/mol. The van der Waals surface area contributed by atoms with Crippen LogP contribution in [0.2, 0.25) is 0 Å². The average Bonchev–Trinajstić information content (AvgIpc) is 2.99. The second-order valence-electron chi connectivity index (χ2n) is 6.51. The largest absolute Gasteiger partial charge is 0.497 e. The third-order valence-electron chi connectivity index (χ3n) is 4.40. The van der Waals surface area contributed by atoms with E-state index in [-0.39, 0.29) is 24.8 Å². The van der Waals surface area contributed by atoms with Crippen LogP contribution in [0.15, 0.2) is 18.2 Å². The summed E-state index contributed by atoms with van der Waals surface area (Å²) in [6.45, 7) is 3.60. The lowest BCUT2D eigenvalue weighted by Crippen LogP contribution is -2.47. The molecule has 1 aliphatic heterocycles. The fourth-order valence-corrected chi connectivity index (χ4v) is 2.91. The minimum absolute atomic E-state index is 0.0193. The number of hydrogen-bond acceptors (Lipinski definition) is 5. The van der Waals surface area contributed by atoms with Crippen molar-refractivity contribution in [3.8, 4) is 11.5 Å². The molecule has 2 unspecified atom stereocenters. The van der Waals surface area contributed by atoms with Crippen LogP contribution in [0, 0.1) is 11.8 Å². The molecule has 1 heterocycles. The number of aliphatic carboxylic acids is 1. The number of nitrogens with one attached hydrogen (secondary N) is 1. The van der Waals surface area contributed by atoms with Crippen molar-refractivity contribution in [1.82, 2.24) is 5.32 Å². The molecule has 0 aliphatic carbocycles. The zero-order valence-corrected chi connectivity index (χ0v) is 15.3. The Morgan fingerprint density at radius 1 is 1.27 bits per heavy atom. The molecule has 2 N–H and O–H groups in total. The number of anilines is 1. The Kier molecular flexibility index (Phi) is 6.07. The van der Waals surface area contributed by atoms with Gasteiger partial charge in [-0.2, -0.15) is 0 Å². The van der Waals surface area contributed by atoms with Crippen LogP contribution in [-0.4, -0.2) is 49.7 Å². The summed E-state index contributed by atoms with van der Waals surface area (Å²) >= 11 is 0. The number of carbonyl (C=O) groups excluding carboxylic acids is 2. The van der Waals surface area contributed by atoms with Gasteiger partial charge in [0.1, 0.15) is 17.5 Å². The molecule has 1 aromatic carbocycles. The number of benzene rings is 1. The SMILES string of the molecule is COc1ccc(N2CC(C(=O)NC(C(=O)O)C(C)C)CC2=O)c(OC)c1. The topological polar surface area (TPSA) is 105 Å².